The number of benzene rings is 2. The molecule has 0 aliphatic rings. The van der Waals surface area contributed by atoms with Crippen LogP contribution in [0.4, 0.5) is 4.39 Å². The average Bonchev–Trinajstić information content (AvgIpc) is 2.51. The lowest BCUT2D eigenvalue weighted by molar-refractivity contribution is -0.130. The third-order valence-electron chi connectivity index (χ3n) is 3.17. The molecule has 0 saturated heterocycles. The number of hydrogen-bond acceptors (Lipinski definition) is 2. The molecule has 0 saturated carbocycles. The molecule has 116 valence electrons. The van der Waals surface area contributed by atoms with Gasteiger partial charge in [-0.3, -0.25) is 4.79 Å². The van der Waals surface area contributed by atoms with E-state index in [2.05, 4.69) is 0 Å². The van der Waals surface area contributed by atoms with E-state index in [1.807, 2.05) is 12.1 Å². The minimum absolute atomic E-state index is 0.0636. The predicted molar refractivity (Wildman–Crippen MR) is 84.4 cm³/mol. The van der Waals surface area contributed by atoms with Gasteiger partial charge in [-0.15, -0.1) is 0 Å². The van der Waals surface area contributed by atoms with E-state index in [1.165, 1.54) is 12.1 Å². The molecule has 0 radical (unpaired) electrons. The number of halogens is 2. The van der Waals surface area contributed by atoms with Gasteiger partial charge < -0.3 is 9.64 Å². The Labute approximate surface area is 134 Å². The van der Waals surface area contributed by atoms with Gasteiger partial charge >= 0.3 is 0 Å². The quantitative estimate of drug-likeness (QED) is 0.807. The van der Waals surface area contributed by atoms with Gasteiger partial charge in [-0.2, -0.15) is 0 Å². The van der Waals surface area contributed by atoms with Crippen LogP contribution in [0.1, 0.15) is 12.0 Å². The molecule has 1 amide bonds. The number of ether oxygens (including phenoxy) is 1. The van der Waals surface area contributed by atoms with Gasteiger partial charge in [0.15, 0.2) is 11.6 Å². The van der Waals surface area contributed by atoms with Gasteiger partial charge in [0.2, 0.25) is 5.91 Å². The number of carbonyl (C=O) groups is 1. The standard InChI is InChI=1S/C17H17ClFNO2/c1-20(12-13-6-8-14(18)9-7-13)17(21)10-11-22-16-5-3-2-4-15(16)19/h2-9H,10-12H2,1H3. The predicted octanol–water partition coefficient (Wildman–Crippen LogP) is 3.91. The van der Waals surface area contributed by atoms with E-state index in [4.69, 9.17) is 16.3 Å². The molecule has 0 aliphatic heterocycles. The molecule has 0 heterocycles. The van der Waals surface area contributed by atoms with Crippen LogP contribution >= 0.6 is 11.6 Å². The third-order valence-corrected chi connectivity index (χ3v) is 3.42. The van der Waals surface area contributed by atoms with Gasteiger partial charge in [0.25, 0.3) is 0 Å². The van der Waals surface area contributed by atoms with E-state index in [-0.39, 0.29) is 24.7 Å². The van der Waals surface area contributed by atoms with Gasteiger partial charge in [-0.25, -0.2) is 4.39 Å². The lowest BCUT2D eigenvalue weighted by Crippen LogP contribution is -2.27. The second-order valence-electron chi connectivity index (χ2n) is 4.91. The third kappa shape index (κ3) is 4.74. The summed E-state index contributed by atoms with van der Waals surface area (Å²) in [5, 5.41) is 0.663. The van der Waals surface area contributed by atoms with Crippen molar-refractivity contribution in [3.05, 3.63) is 64.9 Å². The number of hydrogen-bond donors (Lipinski definition) is 0. The number of nitrogens with zero attached hydrogens (tertiary/aromatic N) is 1. The van der Waals surface area contributed by atoms with Crippen molar-refractivity contribution in [3.63, 3.8) is 0 Å². The molecule has 0 aliphatic carbocycles. The molecule has 3 nitrogen and oxygen atoms in total. The summed E-state index contributed by atoms with van der Waals surface area (Å²) in [6.07, 6.45) is 0.193. The maximum atomic E-state index is 13.4. The van der Waals surface area contributed by atoms with E-state index >= 15 is 0 Å². The summed E-state index contributed by atoms with van der Waals surface area (Å²) in [5.41, 5.74) is 0.996. The van der Waals surface area contributed by atoms with Crippen LogP contribution in [-0.4, -0.2) is 24.5 Å². The van der Waals surface area contributed by atoms with Crippen molar-refractivity contribution in [3.8, 4) is 5.75 Å². The molecule has 0 atom stereocenters. The van der Waals surface area contributed by atoms with Gasteiger partial charge in [0, 0.05) is 18.6 Å². The zero-order valence-corrected chi connectivity index (χ0v) is 13.0. The summed E-state index contributed by atoms with van der Waals surface area (Å²) in [7, 11) is 1.72. The molecule has 22 heavy (non-hydrogen) atoms. The van der Waals surface area contributed by atoms with Gasteiger partial charge in [-0.05, 0) is 29.8 Å². The lowest BCUT2D eigenvalue weighted by Gasteiger charge is -2.17. The molecule has 2 rings (SSSR count). The highest BCUT2D eigenvalue weighted by Gasteiger charge is 2.10. The number of carbonyl (C=O) groups excluding carboxylic acids is 1. The van der Waals surface area contributed by atoms with Gasteiger partial charge in [0.05, 0.1) is 13.0 Å². The second kappa shape index (κ2) is 7.80. The molecule has 0 N–H and O–H groups in total. The Kier molecular flexibility index (Phi) is 5.78. The first-order valence-corrected chi connectivity index (χ1v) is 7.30. The van der Waals surface area contributed by atoms with Crippen LogP contribution in [0, 0.1) is 5.82 Å². The molecular formula is C17H17ClFNO2. The Morgan fingerprint density at radius 3 is 2.55 bits per heavy atom. The minimum Gasteiger partial charge on any atom is -0.490 e. The summed E-state index contributed by atoms with van der Waals surface area (Å²) >= 11 is 5.82. The first kappa shape index (κ1) is 16.3. The van der Waals surface area contributed by atoms with Crippen molar-refractivity contribution < 1.29 is 13.9 Å². The highest BCUT2D eigenvalue weighted by atomic mass is 35.5. The number of para-hydroxylation sites is 1. The molecule has 0 fully saturated rings. The largest absolute Gasteiger partial charge is 0.490 e. The Hall–Kier alpha value is -2.07. The van der Waals surface area contributed by atoms with Gasteiger partial charge in [0.1, 0.15) is 0 Å². The normalized spacial score (nSPS) is 10.3. The summed E-state index contributed by atoms with van der Waals surface area (Å²) in [5.74, 6) is -0.327. The molecule has 2 aromatic carbocycles. The Morgan fingerprint density at radius 2 is 1.86 bits per heavy atom. The van der Waals surface area contributed by atoms with E-state index < -0.39 is 5.82 Å². The van der Waals surface area contributed by atoms with E-state index in [9.17, 15) is 9.18 Å². The zero-order chi connectivity index (χ0) is 15.9. The van der Waals surface area contributed by atoms with Crippen LogP contribution in [0.3, 0.4) is 0 Å². The van der Waals surface area contributed by atoms with Crippen LogP contribution < -0.4 is 4.74 Å². The topological polar surface area (TPSA) is 29.5 Å². The van der Waals surface area contributed by atoms with Crippen LogP contribution in [0.2, 0.25) is 5.02 Å². The Balaban J connectivity index is 1.79. The maximum absolute atomic E-state index is 13.4. The zero-order valence-electron chi connectivity index (χ0n) is 12.3. The highest BCUT2D eigenvalue weighted by molar-refractivity contribution is 6.30. The minimum atomic E-state index is -0.426. The fraction of sp³-hybridized carbons (Fsp3) is 0.235. The van der Waals surface area contributed by atoms with Gasteiger partial charge in [-0.1, -0.05) is 35.9 Å². The summed E-state index contributed by atoms with van der Waals surface area (Å²) in [6, 6.07) is 13.5. The Morgan fingerprint density at radius 1 is 1.18 bits per heavy atom. The summed E-state index contributed by atoms with van der Waals surface area (Å²) in [6.45, 7) is 0.639. The highest BCUT2D eigenvalue weighted by Crippen LogP contribution is 2.16. The van der Waals surface area contributed by atoms with Crippen molar-refractivity contribution in [2.24, 2.45) is 0 Å². The maximum Gasteiger partial charge on any atom is 0.226 e. The molecule has 0 aromatic heterocycles. The van der Waals surface area contributed by atoms with Crippen molar-refractivity contribution in [2.75, 3.05) is 13.7 Å². The molecule has 5 heteroatoms. The number of amides is 1. The first-order chi connectivity index (χ1) is 10.6. The monoisotopic (exact) mass is 321 g/mol. The molecule has 0 unspecified atom stereocenters. The van der Waals surface area contributed by atoms with Crippen molar-refractivity contribution >= 4 is 17.5 Å². The molecule has 0 spiro atoms. The SMILES string of the molecule is CN(Cc1ccc(Cl)cc1)C(=O)CCOc1ccccc1F. The van der Waals surface area contributed by atoms with Crippen LogP contribution in [0.25, 0.3) is 0 Å². The van der Waals surface area contributed by atoms with Crippen LogP contribution in [0.15, 0.2) is 48.5 Å². The lowest BCUT2D eigenvalue weighted by atomic mass is 10.2. The molecular weight excluding hydrogens is 305 g/mol. The number of rotatable bonds is 6. The first-order valence-electron chi connectivity index (χ1n) is 6.92. The summed E-state index contributed by atoms with van der Waals surface area (Å²) < 4.78 is 18.6. The Bertz CT molecular complexity index is 631. The van der Waals surface area contributed by atoms with Crippen molar-refractivity contribution in [1.29, 1.82) is 0 Å². The fourth-order valence-corrected chi connectivity index (χ4v) is 2.08. The molecule has 2 aromatic rings. The van der Waals surface area contributed by atoms with E-state index in [1.54, 1.807) is 36.2 Å². The average molecular weight is 322 g/mol. The second-order valence-corrected chi connectivity index (χ2v) is 5.34. The van der Waals surface area contributed by atoms with E-state index in [0.717, 1.165) is 5.56 Å². The summed E-state index contributed by atoms with van der Waals surface area (Å²) in [4.78, 5) is 13.6. The smallest absolute Gasteiger partial charge is 0.226 e. The van der Waals surface area contributed by atoms with Crippen LogP contribution in [0.5, 0.6) is 5.75 Å². The van der Waals surface area contributed by atoms with Crippen molar-refractivity contribution in [2.45, 2.75) is 13.0 Å². The van der Waals surface area contributed by atoms with E-state index in [0.29, 0.717) is 11.6 Å². The van der Waals surface area contributed by atoms with Crippen LogP contribution in [-0.2, 0) is 11.3 Å². The fourth-order valence-electron chi connectivity index (χ4n) is 1.95. The van der Waals surface area contributed by atoms with Crippen molar-refractivity contribution in [1.82, 2.24) is 4.90 Å². The molecule has 0 bridgehead atoms.